The van der Waals surface area contributed by atoms with Crippen LogP contribution in [0.1, 0.15) is 44.2 Å². The Labute approximate surface area is 169 Å². The molecule has 1 aromatic heterocycles. The third-order valence-electron chi connectivity index (χ3n) is 5.00. The van der Waals surface area contributed by atoms with Crippen LogP contribution in [-0.2, 0) is 11.2 Å². The zero-order valence-corrected chi connectivity index (χ0v) is 17.6. The van der Waals surface area contributed by atoms with E-state index in [0.29, 0.717) is 12.6 Å². The number of hydrogen-bond donors (Lipinski definition) is 3. The van der Waals surface area contributed by atoms with Gasteiger partial charge in [0, 0.05) is 51.2 Å². The molecule has 0 aromatic carbocycles. The van der Waals surface area contributed by atoms with Crippen LogP contribution in [0.4, 0.5) is 0 Å². The molecule has 1 saturated heterocycles. The molecular weight excluding hydrogens is 352 g/mol. The van der Waals surface area contributed by atoms with Gasteiger partial charge in [0.2, 0.25) is 5.91 Å². The van der Waals surface area contributed by atoms with Crippen molar-refractivity contribution in [3.05, 3.63) is 29.6 Å². The highest BCUT2D eigenvalue weighted by Crippen LogP contribution is 2.10. The van der Waals surface area contributed by atoms with E-state index in [-0.39, 0.29) is 5.91 Å². The average molecular weight is 389 g/mol. The topological polar surface area (TPSA) is 81.7 Å². The van der Waals surface area contributed by atoms with Gasteiger partial charge < -0.3 is 16.0 Å². The lowest BCUT2D eigenvalue weighted by Crippen LogP contribution is -2.50. The second kappa shape index (κ2) is 12.3. The highest BCUT2D eigenvalue weighted by atomic mass is 16.2. The van der Waals surface area contributed by atoms with Crippen molar-refractivity contribution in [3.63, 3.8) is 0 Å². The molecule has 1 aromatic rings. The van der Waals surface area contributed by atoms with Crippen LogP contribution in [0.25, 0.3) is 0 Å². The highest BCUT2D eigenvalue weighted by Gasteiger charge is 2.21. The SMILES string of the molecule is CCCNC(=O)CN1CCC(NC(=NCCc2ccncc2C)NCC)CC1. The maximum absolute atomic E-state index is 11.9. The van der Waals surface area contributed by atoms with Crippen molar-refractivity contribution in [2.75, 3.05) is 39.3 Å². The summed E-state index contributed by atoms with van der Waals surface area (Å²) in [5, 5.41) is 9.86. The Morgan fingerprint density at radius 3 is 2.75 bits per heavy atom. The fourth-order valence-corrected chi connectivity index (χ4v) is 3.34. The Kier molecular flexibility index (Phi) is 9.76. The van der Waals surface area contributed by atoms with Gasteiger partial charge in [0.25, 0.3) is 0 Å². The van der Waals surface area contributed by atoms with Crippen LogP contribution in [-0.4, -0.2) is 67.1 Å². The largest absolute Gasteiger partial charge is 0.357 e. The van der Waals surface area contributed by atoms with Gasteiger partial charge in [-0.1, -0.05) is 6.92 Å². The molecule has 1 amide bonds. The van der Waals surface area contributed by atoms with Crippen molar-refractivity contribution in [1.82, 2.24) is 25.8 Å². The van der Waals surface area contributed by atoms with Gasteiger partial charge in [0.15, 0.2) is 5.96 Å². The number of nitrogens with one attached hydrogen (secondary N) is 3. The quantitative estimate of drug-likeness (QED) is 0.441. The maximum Gasteiger partial charge on any atom is 0.234 e. The van der Waals surface area contributed by atoms with Gasteiger partial charge in [-0.05, 0) is 56.7 Å². The minimum absolute atomic E-state index is 0.134. The number of rotatable bonds is 9. The number of carbonyl (C=O) groups is 1. The summed E-state index contributed by atoms with van der Waals surface area (Å²) in [6, 6.07) is 2.47. The van der Waals surface area contributed by atoms with Gasteiger partial charge in [0.05, 0.1) is 6.54 Å². The molecule has 0 unspecified atom stereocenters. The molecule has 3 N–H and O–H groups in total. The van der Waals surface area contributed by atoms with Crippen LogP contribution >= 0.6 is 0 Å². The molecule has 7 nitrogen and oxygen atoms in total. The Morgan fingerprint density at radius 2 is 2.07 bits per heavy atom. The normalized spacial score (nSPS) is 16.0. The zero-order valence-electron chi connectivity index (χ0n) is 17.6. The van der Waals surface area contributed by atoms with Crippen molar-refractivity contribution in [1.29, 1.82) is 0 Å². The van der Waals surface area contributed by atoms with Crippen molar-refractivity contribution < 1.29 is 4.79 Å². The summed E-state index contributed by atoms with van der Waals surface area (Å²) in [5.41, 5.74) is 2.51. The maximum atomic E-state index is 11.9. The van der Waals surface area contributed by atoms with E-state index in [9.17, 15) is 4.79 Å². The number of amides is 1. The third-order valence-corrected chi connectivity index (χ3v) is 5.00. The van der Waals surface area contributed by atoms with Crippen molar-refractivity contribution in [2.45, 2.75) is 52.5 Å². The zero-order chi connectivity index (χ0) is 20.2. The number of nitrogens with zero attached hydrogens (tertiary/aromatic N) is 3. The van der Waals surface area contributed by atoms with Crippen LogP contribution in [0.3, 0.4) is 0 Å². The molecule has 0 spiro atoms. The first-order valence-electron chi connectivity index (χ1n) is 10.6. The summed E-state index contributed by atoms with van der Waals surface area (Å²) < 4.78 is 0. The first-order chi connectivity index (χ1) is 13.6. The van der Waals surface area contributed by atoms with Gasteiger partial charge in [0.1, 0.15) is 0 Å². The second-order valence-corrected chi connectivity index (χ2v) is 7.36. The number of pyridine rings is 1. The highest BCUT2D eigenvalue weighted by molar-refractivity contribution is 5.80. The van der Waals surface area contributed by atoms with Gasteiger partial charge >= 0.3 is 0 Å². The van der Waals surface area contributed by atoms with Crippen LogP contribution in [0, 0.1) is 6.92 Å². The number of likely N-dealkylation sites (tertiary alicyclic amines) is 1. The lowest BCUT2D eigenvalue weighted by molar-refractivity contribution is -0.122. The van der Waals surface area contributed by atoms with E-state index in [0.717, 1.165) is 64.4 Å². The first-order valence-corrected chi connectivity index (χ1v) is 10.6. The summed E-state index contributed by atoms with van der Waals surface area (Å²) >= 11 is 0. The minimum Gasteiger partial charge on any atom is -0.357 e. The molecule has 1 fully saturated rings. The van der Waals surface area contributed by atoms with Gasteiger partial charge in [-0.15, -0.1) is 0 Å². The van der Waals surface area contributed by atoms with Crippen LogP contribution in [0.15, 0.2) is 23.5 Å². The summed E-state index contributed by atoms with van der Waals surface area (Å²) in [6.45, 7) is 11.0. The van der Waals surface area contributed by atoms with E-state index in [1.807, 2.05) is 12.4 Å². The molecule has 2 rings (SSSR count). The lowest BCUT2D eigenvalue weighted by atomic mass is 10.1. The number of aromatic nitrogens is 1. The lowest BCUT2D eigenvalue weighted by Gasteiger charge is -2.32. The van der Waals surface area contributed by atoms with Crippen LogP contribution in [0.5, 0.6) is 0 Å². The smallest absolute Gasteiger partial charge is 0.234 e. The molecule has 0 aliphatic carbocycles. The number of aryl methyl sites for hydroxylation is 1. The number of hydrogen-bond acceptors (Lipinski definition) is 4. The predicted octanol–water partition coefficient (Wildman–Crippen LogP) is 1.48. The Bertz CT molecular complexity index is 625. The van der Waals surface area contributed by atoms with Gasteiger partial charge in [-0.25, -0.2) is 0 Å². The van der Waals surface area contributed by atoms with Gasteiger partial charge in [-0.2, -0.15) is 0 Å². The second-order valence-electron chi connectivity index (χ2n) is 7.36. The molecule has 2 heterocycles. The number of guanidine groups is 1. The Hall–Kier alpha value is -2.15. The van der Waals surface area contributed by atoms with Crippen LogP contribution in [0.2, 0.25) is 0 Å². The average Bonchev–Trinajstić information content (AvgIpc) is 2.69. The van der Waals surface area contributed by atoms with E-state index in [4.69, 9.17) is 4.99 Å². The van der Waals surface area contributed by atoms with E-state index in [2.05, 4.69) is 52.7 Å². The van der Waals surface area contributed by atoms with Crippen molar-refractivity contribution in [2.24, 2.45) is 4.99 Å². The first kappa shape index (κ1) is 22.1. The van der Waals surface area contributed by atoms with Gasteiger partial charge in [-0.3, -0.25) is 19.7 Å². The van der Waals surface area contributed by atoms with E-state index >= 15 is 0 Å². The molecule has 28 heavy (non-hydrogen) atoms. The summed E-state index contributed by atoms with van der Waals surface area (Å²) in [6.07, 6.45) is 7.68. The van der Waals surface area contributed by atoms with Crippen molar-refractivity contribution in [3.8, 4) is 0 Å². The molecular formula is C21H36N6O. The van der Waals surface area contributed by atoms with Crippen LogP contribution < -0.4 is 16.0 Å². The van der Waals surface area contributed by atoms with E-state index in [1.165, 1.54) is 11.1 Å². The summed E-state index contributed by atoms with van der Waals surface area (Å²) in [4.78, 5) is 23.0. The molecule has 0 bridgehead atoms. The minimum atomic E-state index is 0.134. The molecule has 0 saturated carbocycles. The number of carbonyl (C=O) groups excluding carboxylic acids is 1. The Morgan fingerprint density at radius 1 is 1.29 bits per heavy atom. The fraction of sp³-hybridized carbons (Fsp3) is 0.667. The predicted molar refractivity (Wildman–Crippen MR) is 115 cm³/mol. The standard InChI is InChI=1S/C21H36N6O/c1-4-10-24-20(28)16-27-13-8-19(9-14-27)26-21(23-5-2)25-12-7-18-6-11-22-15-17(18)3/h6,11,15,19H,4-5,7-10,12-14,16H2,1-3H3,(H,24,28)(H2,23,25,26). The molecule has 0 atom stereocenters. The number of piperidine rings is 1. The third kappa shape index (κ3) is 7.84. The molecule has 7 heteroatoms. The molecule has 1 aliphatic heterocycles. The number of aliphatic imine (C=N–C) groups is 1. The fourth-order valence-electron chi connectivity index (χ4n) is 3.34. The van der Waals surface area contributed by atoms with E-state index in [1.54, 1.807) is 0 Å². The Balaban J connectivity index is 1.76. The summed E-state index contributed by atoms with van der Waals surface area (Å²) in [7, 11) is 0. The molecule has 156 valence electrons. The van der Waals surface area contributed by atoms with E-state index < -0.39 is 0 Å². The molecule has 1 aliphatic rings. The van der Waals surface area contributed by atoms with Crippen molar-refractivity contribution >= 4 is 11.9 Å². The summed E-state index contributed by atoms with van der Waals surface area (Å²) in [5.74, 6) is 1.02. The molecule has 0 radical (unpaired) electrons. The monoisotopic (exact) mass is 388 g/mol.